The molecule has 1 heterocycles. The fraction of sp³-hybridized carbons (Fsp3) is 0.667. The highest BCUT2D eigenvalue weighted by atomic mass is 32.2. The number of sulfonamides is 1. The molecule has 0 saturated heterocycles. The minimum absolute atomic E-state index is 0.0537. The number of aryl methyl sites for hydroxylation is 2. The number of aliphatic hydroxyl groups is 1. The molecular weight excluding hydrogens is 270 g/mol. The van der Waals surface area contributed by atoms with Gasteiger partial charge in [0.05, 0.1) is 13.2 Å². The van der Waals surface area contributed by atoms with Crippen LogP contribution in [0, 0.1) is 13.8 Å². The summed E-state index contributed by atoms with van der Waals surface area (Å²) in [6, 6.07) is -0.309. The van der Waals surface area contributed by atoms with Gasteiger partial charge in [-0.2, -0.15) is 4.31 Å². The molecule has 0 amide bonds. The van der Waals surface area contributed by atoms with Crippen LogP contribution in [0.5, 0.6) is 0 Å². The molecule has 0 saturated carbocycles. The van der Waals surface area contributed by atoms with Gasteiger partial charge >= 0.3 is 0 Å². The SMILES string of the molecule is COCC(C)N(C)S(=O)(=O)c1c(C)oc(C)c1CO. The Morgan fingerprint density at radius 3 is 2.42 bits per heavy atom. The topological polar surface area (TPSA) is 80.0 Å². The van der Waals surface area contributed by atoms with Crippen molar-refractivity contribution < 1.29 is 22.7 Å². The Balaban J connectivity index is 3.28. The zero-order valence-electron chi connectivity index (χ0n) is 11.9. The normalized spacial score (nSPS) is 14.1. The largest absolute Gasteiger partial charge is 0.465 e. The van der Waals surface area contributed by atoms with E-state index in [-0.39, 0.29) is 23.3 Å². The average molecular weight is 291 g/mol. The smallest absolute Gasteiger partial charge is 0.246 e. The molecule has 19 heavy (non-hydrogen) atoms. The van der Waals surface area contributed by atoms with Crippen LogP contribution in [0.2, 0.25) is 0 Å². The molecule has 0 aromatic carbocycles. The molecule has 1 unspecified atom stereocenters. The fourth-order valence-electron chi connectivity index (χ4n) is 1.96. The zero-order valence-corrected chi connectivity index (χ0v) is 12.7. The van der Waals surface area contributed by atoms with Gasteiger partial charge in [0, 0.05) is 25.8 Å². The highest BCUT2D eigenvalue weighted by Gasteiger charge is 2.32. The van der Waals surface area contributed by atoms with Gasteiger partial charge in [0.2, 0.25) is 10.0 Å². The molecule has 6 nitrogen and oxygen atoms in total. The van der Waals surface area contributed by atoms with E-state index in [1.807, 2.05) is 0 Å². The Hall–Kier alpha value is -0.890. The van der Waals surface area contributed by atoms with Crippen LogP contribution in [-0.2, 0) is 21.4 Å². The summed E-state index contributed by atoms with van der Waals surface area (Å²) in [6.45, 7) is 4.89. The summed E-state index contributed by atoms with van der Waals surface area (Å²) < 4.78 is 36.6. The molecule has 0 aliphatic heterocycles. The van der Waals surface area contributed by atoms with Crippen molar-refractivity contribution in [1.29, 1.82) is 0 Å². The van der Waals surface area contributed by atoms with E-state index < -0.39 is 10.0 Å². The molecule has 1 rings (SSSR count). The Labute approximate surface area is 114 Å². The summed E-state index contributed by atoms with van der Waals surface area (Å²) in [7, 11) is -0.708. The van der Waals surface area contributed by atoms with Crippen LogP contribution in [0.3, 0.4) is 0 Å². The number of likely N-dealkylation sites (N-methyl/N-ethyl adjacent to an activating group) is 1. The summed E-state index contributed by atoms with van der Waals surface area (Å²) in [5.74, 6) is 0.712. The number of ether oxygens (including phenoxy) is 1. The zero-order chi connectivity index (χ0) is 14.8. The molecule has 1 atom stereocenters. The third-order valence-electron chi connectivity index (χ3n) is 3.15. The van der Waals surface area contributed by atoms with Crippen molar-refractivity contribution in [2.45, 2.75) is 38.3 Å². The first-order valence-corrected chi connectivity index (χ1v) is 7.38. The molecule has 0 bridgehead atoms. The molecule has 0 aliphatic carbocycles. The van der Waals surface area contributed by atoms with E-state index in [1.165, 1.54) is 18.5 Å². The van der Waals surface area contributed by atoms with Crippen LogP contribution in [0.15, 0.2) is 9.31 Å². The summed E-state index contributed by atoms with van der Waals surface area (Å²) in [5, 5.41) is 9.33. The second-order valence-corrected chi connectivity index (χ2v) is 6.44. The average Bonchev–Trinajstić information content (AvgIpc) is 2.63. The van der Waals surface area contributed by atoms with Gasteiger partial charge in [0.25, 0.3) is 0 Å². The molecule has 110 valence electrons. The number of nitrogens with zero attached hydrogens (tertiary/aromatic N) is 1. The highest BCUT2D eigenvalue weighted by Crippen LogP contribution is 2.29. The molecule has 7 heteroatoms. The van der Waals surface area contributed by atoms with Crippen LogP contribution in [0.1, 0.15) is 24.0 Å². The lowest BCUT2D eigenvalue weighted by atomic mass is 10.2. The lowest BCUT2D eigenvalue weighted by Gasteiger charge is -2.23. The molecular formula is C12H21NO5S. The fourth-order valence-corrected chi connectivity index (χ4v) is 3.70. The second kappa shape index (κ2) is 6.04. The first kappa shape index (κ1) is 16.2. The molecule has 1 N–H and O–H groups in total. The van der Waals surface area contributed by atoms with E-state index in [1.54, 1.807) is 20.8 Å². The lowest BCUT2D eigenvalue weighted by molar-refractivity contribution is 0.149. The van der Waals surface area contributed by atoms with Crippen molar-refractivity contribution in [1.82, 2.24) is 4.31 Å². The predicted molar refractivity (Wildman–Crippen MR) is 70.4 cm³/mol. The van der Waals surface area contributed by atoms with Gasteiger partial charge in [0.15, 0.2) is 0 Å². The van der Waals surface area contributed by atoms with Crippen LogP contribution in [0.4, 0.5) is 0 Å². The molecule has 0 fully saturated rings. The summed E-state index contributed by atoms with van der Waals surface area (Å²) in [6.07, 6.45) is 0. The van der Waals surface area contributed by atoms with Gasteiger partial charge in [0.1, 0.15) is 16.4 Å². The Bertz CT molecular complexity index is 535. The summed E-state index contributed by atoms with van der Waals surface area (Å²) >= 11 is 0. The molecule has 0 aliphatic rings. The van der Waals surface area contributed by atoms with E-state index in [0.29, 0.717) is 17.9 Å². The van der Waals surface area contributed by atoms with Crippen molar-refractivity contribution >= 4 is 10.0 Å². The van der Waals surface area contributed by atoms with E-state index in [4.69, 9.17) is 9.15 Å². The molecule has 0 spiro atoms. The Kier molecular flexibility index (Phi) is 5.14. The maximum absolute atomic E-state index is 12.6. The minimum Gasteiger partial charge on any atom is -0.465 e. The third kappa shape index (κ3) is 3.00. The van der Waals surface area contributed by atoms with Gasteiger partial charge in [-0.1, -0.05) is 0 Å². The number of hydrogen-bond donors (Lipinski definition) is 1. The second-order valence-electron chi connectivity index (χ2n) is 4.51. The van der Waals surface area contributed by atoms with Crippen molar-refractivity contribution in [2.75, 3.05) is 20.8 Å². The lowest BCUT2D eigenvalue weighted by Crippen LogP contribution is -2.38. The third-order valence-corrected chi connectivity index (χ3v) is 5.32. The van der Waals surface area contributed by atoms with Crippen molar-refractivity contribution in [3.63, 3.8) is 0 Å². The van der Waals surface area contributed by atoms with E-state index in [9.17, 15) is 13.5 Å². The summed E-state index contributed by atoms with van der Waals surface area (Å²) in [4.78, 5) is 0.0537. The maximum atomic E-state index is 12.6. The number of hydrogen-bond acceptors (Lipinski definition) is 5. The van der Waals surface area contributed by atoms with Crippen molar-refractivity contribution in [3.8, 4) is 0 Å². The Morgan fingerprint density at radius 1 is 1.37 bits per heavy atom. The van der Waals surface area contributed by atoms with Gasteiger partial charge in [-0.15, -0.1) is 0 Å². The van der Waals surface area contributed by atoms with Gasteiger partial charge in [-0.05, 0) is 20.8 Å². The van der Waals surface area contributed by atoms with Crippen LogP contribution in [0.25, 0.3) is 0 Å². The minimum atomic E-state index is -3.71. The van der Waals surface area contributed by atoms with E-state index >= 15 is 0 Å². The van der Waals surface area contributed by atoms with Gasteiger partial charge in [-0.3, -0.25) is 0 Å². The highest BCUT2D eigenvalue weighted by molar-refractivity contribution is 7.89. The number of aliphatic hydroxyl groups excluding tert-OH is 1. The predicted octanol–water partition coefficient (Wildman–Crippen LogP) is 1.04. The summed E-state index contributed by atoms with van der Waals surface area (Å²) in [5.41, 5.74) is 0.314. The molecule has 1 aromatic rings. The van der Waals surface area contributed by atoms with Gasteiger partial charge in [-0.25, -0.2) is 8.42 Å². The first-order valence-electron chi connectivity index (χ1n) is 5.94. The van der Waals surface area contributed by atoms with Crippen LogP contribution < -0.4 is 0 Å². The first-order chi connectivity index (χ1) is 8.77. The van der Waals surface area contributed by atoms with Crippen LogP contribution >= 0.6 is 0 Å². The maximum Gasteiger partial charge on any atom is 0.246 e. The van der Waals surface area contributed by atoms with Crippen molar-refractivity contribution in [3.05, 3.63) is 17.1 Å². The number of methoxy groups -OCH3 is 1. The number of furan rings is 1. The number of rotatable bonds is 6. The standard InChI is InChI=1S/C12H21NO5S/c1-8(7-17-5)13(4)19(15,16)12-10(3)18-9(2)11(12)6-14/h8,14H,6-7H2,1-5H3. The quantitative estimate of drug-likeness (QED) is 0.847. The van der Waals surface area contributed by atoms with E-state index in [0.717, 1.165) is 0 Å². The van der Waals surface area contributed by atoms with Crippen molar-refractivity contribution in [2.24, 2.45) is 0 Å². The van der Waals surface area contributed by atoms with E-state index in [2.05, 4.69) is 0 Å². The molecule has 1 aromatic heterocycles. The Morgan fingerprint density at radius 2 is 1.95 bits per heavy atom. The van der Waals surface area contributed by atoms with Gasteiger partial charge < -0.3 is 14.3 Å². The molecule has 0 radical (unpaired) electrons. The monoisotopic (exact) mass is 291 g/mol. The van der Waals surface area contributed by atoms with Crippen LogP contribution in [-0.4, -0.2) is 44.6 Å².